The van der Waals surface area contributed by atoms with E-state index in [9.17, 15) is 32.0 Å². The maximum absolute atomic E-state index is 14.7. The summed E-state index contributed by atoms with van der Waals surface area (Å²) < 4.78 is 48.5. The summed E-state index contributed by atoms with van der Waals surface area (Å²) in [5.74, 6) is -2.54. The second kappa shape index (κ2) is 16.4. The van der Waals surface area contributed by atoms with Gasteiger partial charge in [-0.2, -0.15) is 5.10 Å². The number of para-hydroxylation sites is 1. The number of hydrogen-bond donors (Lipinski definition) is 3. The summed E-state index contributed by atoms with van der Waals surface area (Å²) >= 11 is 0. The normalized spacial score (nSPS) is 19.7. The zero-order valence-electron chi connectivity index (χ0n) is 31.6. The largest absolute Gasteiger partial charge is 0.471 e. The average molecular weight is 781 g/mol. The van der Waals surface area contributed by atoms with Crippen molar-refractivity contribution in [3.63, 3.8) is 0 Å². The Labute approximate surface area is 319 Å². The van der Waals surface area contributed by atoms with Crippen LogP contribution >= 0.6 is 0 Å². The lowest BCUT2D eigenvalue weighted by Crippen LogP contribution is -2.54. The molecule has 4 amide bonds. The van der Waals surface area contributed by atoms with E-state index in [1.165, 1.54) is 41.5 Å². The first-order valence-electron chi connectivity index (χ1n) is 18.8. The highest BCUT2D eigenvalue weighted by Crippen LogP contribution is 2.42. The van der Waals surface area contributed by atoms with Crippen LogP contribution in [-0.4, -0.2) is 92.7 Å². The maximum Gasteiger partial charge on any atom is 0.270 e. The number of nitrogens with zero attached hydrogens (tertiary/aromatic N) is 5. The average Bonchev–Trinajstić information content (AvgIpc) is 4.04. The molecule has 17 heteroatoms. The highest BCUT2D eigenvalue weighted by atomic mass is 32.2. The Kier molecular flexibility index (Phi) is 11.9. The van der Waals surface area contributed by atoms with Crippen LogP contribution in [0.5, 0.6) is 5.88 Å². The number of ether oxygens (including phenoxy) is 1. The Morgan fingerprint density at radius 3 is 2.56 bits per heavy atom. The van der Waals surface area contributed by atoms with Gasteiger partial charge in [-0.05, 0) is 89.8 Å². The molecular weight excluding hydrogens is 732 g/mol. The predicted molar refractivity (Wildman–Crippen MR) is 201 cm³/mol. The third kappa shape index (κ3) is 9.66. The summed E-state index contributed by atoms with van der Waals surface area (Å²) in [6.45, 7) is 4.19. The van der Waals surface area contributed by atoms with E-state index >= 15 is 0 Å². The minimum Gasteiger partial charge on any atom is -0.471 e. The minimum absolute atomic E-state index is 0.000511. The van der Waals surface area contributed by atoms with Gasteiger partial charge in [-0.3, -0.25) is 28.6 Å². The molecule has 3 heterocycles. The van der Waals surface area contributed by atoms with Gasteiger partial charge in [0.25, 0.3) is 11.8 Å². The van der Waals surface area contributed by atoms with E-state index in [1.807, 2.05) is 4.72 Å². The molecule has 0 spiro atoms. The van der Waals surface area contributed by atoms with Crippen molar-refractivity contribution in [3.8, 4) is 5.88 Å². The first-order chi connectivity index (χ1) is 26.1. The van der Waals surface area contributed by atoms with Crippen LogP contribution in [0.3, 0.4) is 0 Å². The first kappa shape index (κ1) is 39.8. The van der Waals surface area contributed by atoms with Gasteiger partial charge in [-0.25, -0.2) is 22.8 Å². The predicted octanol–water partition coefficient (Wildman–Crippen LogP) is 3.30. The molecule has 0 radical (unpaired) electrons. The Hall–Kier alpha value is -4.93. The van der Waals surface area contributed by atoms with Crippen molar-refractivity contribution in [1.29, 1.82) is 0 Å². The van der Waals surface area contributed by atoms with E-state index in [4.69, 9.17) is 4.74 Å². The zero-order chi connectivity index (χ0) is 39.5. The molecule has 15 nitrogen and oxygen atoms in total. The lowest BCUT2D eigenvalue weighted by atomic mass is 10.0. The number of likely N-dealkylation sites (tertiary alicyclic amines) is 1. The van der Waals surface area contributed by atoms with Gasteiger partial charge in [-0.1, -0.05) is 31.1 Å². The summed E-state index contributed by atoms with van der Waals surface area (Å²) in [5.41, 5.74) is 1.59. The van der Waals surface area contributed by atoms with E-state index in [2.05, 4.69) is 37.9 Å². The van der Waals surface area contributed by atoms with Crippen molar-refractivity contribution >= 4 is 44.7 Å². The number of aromatic nitrogens is 4. The quantitative estimate of drug-likeness (QED) is 0.135. The van der Waals surface area contributed by atoms with Gasteiger partial charge >= 0.3 is 0 Å². The number of allylic oxidation sites excluding steroid dienone is 2. The Morgan fingerprint density at radius 2 is 1.87 bits per heavy atom. The van der Waals surface area contributed by atoms with E-state index in [1.54, 1.807) is 33.0 Å². The topological polar surface area (TPSA) is 195 Å². The third-order valence-corrected chi connectivity index (χ3v) is 12.6. The summed E-state index contributed by atoms with van der Waals surface area (Å²) in [7, 11) is -2.30. The number of sulfonamides is 1. The van der Waals surface area contributed by atoms with Crippen LogP contribution in [-0.2, 0) is 31.5 Å². The van der Waals surface area contributed by atoms with E-state index in [0.717, 1.165) is 19.3 Å². The van der Waals surface area contributed by atoms with Gasteiger partial charge in [0.1, 0.15) is 35.1 Å². The number of halogens is 1. The summed E-state index contributed by atoms with van der Waals surface area (Å²) in [6, 6.07) is 3.82. The van der Waals surface area contributed by atoms with Gasteiger partial charge in [-0.15, -0.1) is 0 Å². The number of nitrogens with one attached hydrogen (secondary N) is 3. The molecule has 55 heavy (non-hydrogen) atoms. The molecule has 296 valence electrons. The van der Waals surface area contributed by atoms with Gasteiger partial charge in [0.2, 0.25) is 27.7 Å². The summed E-state index contributed by atoms with van der Waals surface area (Å²) in [6.07, 6.45) is 10.4. The molecule has 3 aromatic rings. The van der Waals surface area contributed by atoms with Gasteiger partial charge < -0.3 is 20.3 Å². The van der Waals surface area contributed by atoms with E-state index in [0.29, 0.717) is 42.1 Å². The number of benzene rings is 1. The van der Waals surface area contributed by atoms with Crippen molar-refractivity contribution in [2.75, 3.05) is 13.1 Å². The lowest BCUT2D eigenvalue weighted by Gasteiger charge is -2.28. The van der Waals surface area contributed by atoms with Gasteiger partial charge in [0, 0.05) is 13.5 Å². The van der Waals surface area contributed by atoms with Crippen LogP contribution in [0, 0.1) is 25.6 Å². The van der Waals surface area contributed by atoms with Crippen molar-refractivity contribution in [1.82, 2.24) is 40.0 Å². The first-order valence-corrected chi connectivity index (χ1v) is 20.3. The van der Waals surface area contributed by atoms with Crippen LogP contribution in [0.2, 0.25) is 0 Å². The molecule has 6 rings (SSSR count). The van der Waals surface area contributed by atoms with Gasteiger partial charge in [0.05, 0.1) is 29.0 Å². The lowest BCUT2D eigenvalue weighted by molar-refractivity contribution is -0.140. The van der Waals surface area contributed by atoms with Crippen molar-refractivity contribution in [2.45, 2.75) is 108 Å². The number of aryl methyl sites for hydroxylation is 3. The van der Waals surface area contributed by atoms with Crippen LogP contribution in [0.4, 0.5) is 4.39 Å². The van der Waals surface area contributed by atoms with Crippen LogP contribution < -0.4 is 20.1 Å². The molecule has 3 N–H and O–H groups in total. The van der Waals surface area contributed by atoms with Crippen LogP contribution in [0.1, 0.15) is 93.0 Å². The molecule has 3 atom stereocenters. The standard InChI is InChI=1S/C38H49FN8O7S/c1-23-19-30(46(4)44-23)35(50)42-29(13-9-7-5-6-8-11-25-15-16-25)37(51)47-22-26(54-36-24(2)41-28-14-10-12-27(39)33(28)43-36)20-31(47)34(49)40-21-32(48)45-55(52,53)38(3)17-18-38/h8,10-12,14,19,25-26,29,31H,5-7,9,13,15-18,20-22H2,1-4H3,(H,40,49)(H,42,50)(H,45,48)/t26-,29+,31+/m1/s1. The van der Waals surface area contributed by atoms with Crippen molar-refractivity contribution in [3.05, 3.63) is 59.3 Å². The molecule has 3 fully saturated rings. The molecular formula is C38H49FN8O7S. The highest BCUT2D eigenvalue weighted by molar-refractivity contribution is 7.91. The molecule has 0 unspecified atom stereocenters. The smallest absolute Gasteiger partial charge is 0.270 e. The number of hydrogen-bond acceptors (Lipinski definition) is 10. The number of rotatable bonds is 17. The number of unbranched alkanes of at least 4 members (excludes halogenated alkanes) is 3. The molecule has 1 aliphatic heterocycles. The second-order valence-corrected chi connectivity index (χ2v) is 17.3. The molecule has 2 aliphatic carbocycles. The van der Waals surface area contributed by atoms with E-state index < -0.39 is 68.9 Å². The monoisotopic (exact) mass is 780 g/mol. The molecule has 1 aromatic carbocycles. The number of carbonyl (C=O) groups excluding carboxylic acids is 4. The third-order valence-electron chi connectivity index (χ3n) is 10.4. The molecule has 0 bridgehead atoms. The van der Waals surface area contributed by atoms with Crippen LogP contribution in [0.15, 0.2) is 36.4 Å². The highest BCUT2D eigenvalue weighted by Gasteiger charge is 2.51. The van der Waals surface area contributed by atoms with Crippen molar-refractivity contribution in [2.24, 2.45) is 13.0 Å². The van der Waals surface area contributed by atoms with E-state index in [-0.39, 0.29) is 36.5 Å². The molecule has 1 saturated heterocycles. The molecule has 3 aliphatic rings. The Bertz CT molecular complexity index is 2100. The fraction of sp³-hybridized carbons (Fsp3) is 0.553. The Morgan fingerprint density at radius 1 is 1.11 bits per heavy atom. The number of fused-ring (bicyclic) bond motifs is 1. The van der Waals surface area contributed by atoms with Gasteiger partial charge in [0.15, 0.2) is 5.82 Å². The Balaban J connectivity index is 1.20. The number of amides is 4. The van der Waals surface area contributed by atoms with Crippen molar-refractivity contribution < 1.29 is 36.7 Å². The fourth-order valence-electron chi connectivity index (χ4n) is 6.68. The maximum atomic E-state index is 14.7. The minimum atomic E-state index is -3.93. The summed E-state index contributed by atoms with van der Waals surface area (Å²) in [4.78, 5) is 64.5. The number of carbonyl (C=O) groups is 4. The summed E-state index contributed by atoms with van der Waals surface area (Å²) in [5, 5.41) is 9.61. The SMILES string of the molecule is Cc1cc(C(=O)N[C@@H](CCCCCC=CC2CC2)C(=O)N2C[C@H](Oc3nc4c(F)cccc4nc3C)C[C@H]2C(=O)NCC(=O)NS(=O)(=O)C2(C)CC2)n(C)n1. The fourth-order valence-corrected chi connectivity index (χ4v) is 7.93. The molecule has 2 saturated carbocycles. The van der Waals surface area contributed by atoms with Crippen LogP contribution in [0.25, 0.3) is 11.0 Å². The second-order valence-electron chi connectivity index (χ2n) is 15.1. The molecule has 2 aromatic heterocycles. The zero-order valence-corrected chi connectivity index (χ0v) is 32.5.